The molecule has 0 saturated carbocycles. The van der Waals surface area contributed by atoms with Crippen LogP contribution in [0, 0.1) is 0 Å². The van der Waals surface area contributed by atoms with Crippen molar-refractivity contribution in [3.63, 3.8) is 0 Å². The van der Waals surface area contributed by atoms with Crippen LogP contribution in [-0.4, -0.2) is 68.9 Å². The first-order chi connectivity index (χ1) is 14.2. The number of carbonyl (C=O) groups is 2. The quantitative estimate of drug-likeness (QED) is 0.651. The van der Waals surface area contributed by atoms with Crippen LogP contribution in [0.2, 0.25) is 0 Å². The first-order valence-electron chi connectivity index (χ1n) is 10.2. The molecule has 0 bridgehead atoms. The first kappa shape index (κ1) is 23.0. The molecule has 0 aliphatic carbocycles. The van der Waals surface area contributed by atoms with Crippen LogP contribution in [0.3, 0.4) is 0 Å². The highest BCUT2D eigenvalue weighted by Crippen LogP contribution is 2.27. The summed E-state index contributed by atoms with van der Waals surface area (Å²) in [7, 11) is 0. The summed E-state index contributed by atoms with van der Waals surface area (Å²) < 4.78 is 12.2. The molecular formula is C20H31N5O6. The van der Waals surface area contributed by atoms with Crippen molar-refractivity contribution in [2.75, 3.05) is 31.3 Å². The van der Waals surface area contributed by atoms with Crippen LogP contribution in [0.15, 0.2) is 9.59 Å². The third kappa shape index (κ3) is 5.73. The molecule has 1 aromatic heterocycles. The summed E-state index contributed by atoms with van der Waals surface area (Å²) in [5, 5.41) is 0. The van der Waals surface area contributed by atoms with Gasteiger partial charge in [-0.25, -0.2) is 4.79 Å². The monoisotopic (exact) mass is 437 g/mol. The number of hydrogen-bond acceptors (Lipinski definition) is 9. The Morgan fingerprint density at radius 2 is 1.39 bits per heavy atom. The van der Waals surface area contributed by atoms with E-state index in [0.29, 0.717) is 24.7 Å². The lowest BCUT2D eigenvalue weighted by Gasteiger charge is -2.44. The number of hydrogen-bond donors (Lipinski definition) is 1. The van der Waals surface area contributed by atoms with Gasteiger partial charge in [-0.3, -0.25) is 33.7 Å². The minimum absolute atomic E-state index is 0.00214. The SMILES string of the molecule is CC(C)(C)OC(=O)CN1Cc2c3n(c(=O)[nH]c2=O)CN(CC(=O)OC(C)(C)C)CN3C1. The Morgan fingerprint density at radius 1 is 0.871 bits per heavy atom. The van der Waals surface area contributed by atoms with E-state index in [1.165, 1.54) is 4.57 Å². The van der Waals surface area contributed by atoms with Crippen molar-refractivity contribution >= 4 is 17.8 Å². The maximum atomic E-state index is 12.5. The van der Waals surface area contributed by atoms with Crippen LogP contribution in [-0.2, 0) is 32.3 Å². The molecule has 0 spiro atoms. The Kier molecular flexibility index (Phi) is 6.03. The van der Waals surface area contributed by atoms with E-state index in [-0.39, 0.29) is 26.3 Å². The highest BCUT2D eigenvalue weighted by Gasteiger charge is 2.35. The molecule has 2 aliphatic rings. The third-order valence-corrected chi connectivity index (χ3v) is 4.57. The number of aromatic amines is 1. The molecule has 31 heavy (non-hydrogen) atoms. The number of anilines is 1. The topological polar surface area (TPSA) is 117 Å². The molecule has 3 heterocycles. The highest BCUT2D eigenvalue weighted by molar-refractivity contribution is 5.73. The largest absolute Gasteiger partial charge is 0.459 e. The second kappa shape index (κ2) is 8.12. The number of nitrogens with one attached hydrogen (secondary N) is 1. The smallest absolute Gasteiger partial charge is 0.331 e. The van der Waals surface area contributed by atoms with Crippen molar-refractivity contribution in [2.45, 2.75) is 66.0 Å². The normalized spacial score (nSPS) is 17.3. The fourth-order valence-corrected chi connectivity index (χ4v) is 3.73. The van der Waals surface area contributed by atoms with E-state index in [9.17, 15) is 19.2 Å². The van der Waals surface area contributed by atoms with Crippen LogP contribution in [0.25, 0.3) is 0 Å². The van der Waals surface area contributed by atoms with Gasteiger partial charge in [0, 0.05) is 6.54 Å². The van der Waals surface area contributed by atoms with Gasteiger partial charge in [-0.05, 0) is 41.5 Å². The molecule has 1 N–H and O–H groups in total. The average Bonchev–Trinajstić information content (AvgIpc) is 2.55. The van der Waals surface area contributed by atoms with Gasteiger partial charge in [-0.15, -0.1) is 0 Å². The van der Waals surface area contributed by atoms with Gasteiger partial charge in [0.2, 0.25) is 0 Å². The molecule has 172 valence electrons. The van der Waals surface area contributed by atoms with Gasteiger partial charge in [0.25, 0.3) is 5.56 Å². The van der Waals surface area contributed by atoms with Crippen molar-refractivity contribution in [3.8, 4) is 0 Å². The Labute approximate surface area is 180 Å². The second-order valence-corrected chi connectivity index (χ2v) is 9.94. The van der Waals surface area contributed by atoms with Crippen molar-refractivity contribution < 1.29 is 19.1 Å². The number of esters is 2. The number of nitrogens with zero attached hydrogens (tertiary/aromatic N) is 4. The van der Waals surface area contributed by atoms with Crippen molar-refractivity contribution in [3.05, 3.63) is 26.4 Å². The maximum absolute atomic E-state index is 12.5. The minimum Gasteiger partial charge on any atom is -0.459 e. The van der Waals surface area contributed by atoms with Crippen LogP contribution >= 0.6 is 0 Å². The van der Waals surface area contributed by atoms with Crippen LogP contribution in [0.5, 0.6) is 0 Å². The zero-order valence-electron chi connectivity index (χ0n) is 19.0. The fourth-order valence-electron chi connectivity index (χ4n) is 3.73. The summed E-state index contributed by atoms with van der Waals surface area (Å²) in [6, 6.07) is 0. The van der Waals surface area contributed by atoms with Crippen molar-refractivity contribution in [1.82, 2.24) is 19.4 Å². The summed E-state index contributed by atoms with van der Waals surface area (Å²) in [5.41, 5.74) is -1.83. The van der Waals surface area contributed by atoms with E-state index >= 15 is 0 Å². The number of H-pyrrole nitrogens is 1. The number of carbonyl (C=O) groups excluding carboxylic acids is 2. The number of ether oxygens (including phenoxy) is 2. The molecule has 11 nitrogen and oxygen atoms in total. The highest BCUT2D eigenvalue weighted by atomic mass is 16.6. The molecule has 11 heteroatoms. The minimum atomic E-state index is -0.616. The predicted octanol–water partition coefficient (Wildman–Crippen LogP) is 0.0301. The average molecular weight is 437 g/mol. The second-order valence-electron chi connectivity index (χ2n) is 9.94. The lowest BCUT2D eigenvalue weighted by molar-refractivity contribution is -0.157. The Balaban J connectivity index is 1.83. The molecule has 0 radical (unpaired) electrons. The van der Waals surface area contributed by atoms with E-state index in [2.05, 4.69) is 4.98 Å². The van der Waals surface area contributed by atoms with E-state index in [1.807, 2.05) is 4.90 Å². The molecule has 0 aromatic carbocycles. The zero-order valence-corrected chi connectivity index (χ0v) is 19.0. The van der Waals surface area contributed by atoms with E-state index in [0.717, 1.165) is 0 Å². The third-order valence-electron chi connectivity index (χ3n) is 4.57. The Morgan fingerprint density at radius 3 is 1.94 bits per heavy atom. The molecule has 0 amide bonds. The molecule has 1 aromatic rings. The lowest BCUT2D eigenvalue weighted by atomic mass is 10.2. The van der Waals surface area contributed by atoms with Gasteiger partial charge in [-0.1, -0.05) is 0 Å². The predicted molar refractivity (Wildman–Crippen MR) is 112 cm³/mol. The summed E-state index contributed by atoms with van der Waals surface area (Å²) in [4.78, 5) is 57.2. The Hall–Kier alpha value is -2.66. The summed E-state index contributed by atoms with van der Waals surface area (Å²) in [6.45, 7) is 11.7. The number of rotatable bonds is 4. The van der Waals surface area contributed by atoms with Gasteiger partial charge in [0.05, 0.1) is 38.7 Å². The van der Waals surface area contributed by atoms with Crippen LogP contribution in [0.1, 0.15) is 47.1 Å². The molecule has 3 rings (SSSR count). The zero-order chi connectivity index (χ0) is 23.1. The van der Waals surface area contributed by atoms with Crippen LogP contribution in [0.4, 0.5) is 5.82 Å². The lowest BCUT2D eigenvalue weighted by Crippen LogP contribution is -2.58. The fraction of sp³-hybridized carbons (Fsp3) is 0.700. The van der Waals surface area contributed by atoms with Crippen molar-refractivity contribution in [1.29, 1.82) is 0 Å². The summed E-state index contributed by atoms with van der Waals surface area (Å²) in [5.74, 6) is -0.283. The van der Waals surface area contributed by atoms with Crippen LogP contribution < -0.4 is 16.1 Å². The van der Waals surface area contributed by atoms with Gasteiger partial charge in [0.1, 0.15) is 17.0 Å². The van der Waals surface area contributed by atoms with Crippen molar-refractivity contribution in [2.24, 2.45) is 0 Å². The molecule has 0 atom stereocenters. The van der Waals surface area contributed by atoms with E-state index < -0.39 is 34.4 Å². The summed E-state index contributed by atoms with van der Waals surface area (Å²) in [6.07, 6.45) is 0. The van der Waals surface area contributed by atoms with E-state index in [1.54, 1.807) is 51.3 Å². The first-order valence-corrected chi connectivity index (χ1v) is 10.2. The molecule has 2 aliphatic heterocycles. The Bertz CT molecular complexity index is 909. The number of aromatic nitrogens is 2. The van der Waals surface area contributed by atoms with Gasteiger partial charge in [0.15, 0.2) is 0 Å². The maximum Gasteiger partial charge on any atom is 0.331 e. The summed E-state index contributed by atoms with van der Waals surface area (Å²) >= 11 is 0. The van der Waals surface area contributed by atoms with Gasteiger partial charge >= 0.3 is 17.6 Å². The van der Waals surface area contributed by atoms with Gasteiger partial charge < -0.3 is 14.4 Å². The molecule has 0 fully saturated rings. The molecule has 0 saturated heterocycles. The molecular weight excluding hydrogens is 406 g/mol. The standard InChI is InChI=1S/C20H31N5O6/c1-19(2,3)30-14(26)8-22-7-13-16(28)21-18(29)25-12-23(11-24(10-22)17(13)25)9-15(27)31-20(4,5)6/h7-12H2,1-6H3,(H,21,28,29). The van der Waals surface area contributed by atoms with Gasteiger partial charge in [-0.2, -0.15) is 0 Å². The van der Waals surface area contributed by atoms with E-state index in [4.69, 9.17) is 9.47 Å². The molecule has 0 unspecified atom stereocenters.